The summed E-state index contributed by atoms with van der Waals surface area (Å²) in [5.74, 6) is 0.279. The minimum Gasteiger partial charge on any atom is -0.198 e. The summed E-state index contributed by atoms with van der Waals surface area (Å²) < 4.78 is 0. The lowest BCUT2D eigenvalue weighted by Gasteiger charge is -2.06. The van der Waals surface area contributed by atoms with E-state index in [9.17, 15) is 0 Å². The van der Waals surface area contributed by atoms with E-state index in [1.54, 1.807) is 0 Å². The maximum absolute atomic E-state index is 9.13. The molecule has 0 saturated heterocycles. The largest absolute Gasteiger partial charge is 0.198 e. The predicted molar refractivity (Wildman–Crippen MR) is 89.6 cm³/mol. The fraction of sp³-hybridized carbons (Fsp3) is 0.842. The van der Waals surface area contributed by atoms with Crippen LogP contribution in [0.2, 0.25) is 0 Å². The van der Waals surface area contributed by atoms with Gasteiger partial charge in [0.2, 0.25) is 0 Å². The molecule has 0 aliphatic heterocycles. The van der Waals surface area contributed by atoms with Crippen molar-refractivity contribution in [3.05, 3.63) is 12.2 Å². The Labute approximate surface area is 127 Å². The summed E-state index contributed by atoms with van der Waals surface area (Å²) >= 11 is 0. The molecule has 20 heavy (non-hydrogen) atoms. The highest BCUT2D eigenvalue weighted by atomic mass is 14.3. The van der Waals surface area contributed by atoms with Gasteiger partial charge in [0.05, 0.1) is 6.07 Å². The molecule has 0 saturated carbocycles. The fourth-order valence-electron chi connectivity index (χ4n) is 2.49. The molecule has 0 aromatic heterocycles. The van der Waals surface area contributed by atoms with Gasteiger partial charge in [0.1, 0.15) is 0 Å². The van der Waals surface area contributed by atoms with Crippen LogP contribution in [0.1, 0.15) is 97.3 Å². The summed E-state index contributed by atoms with van der Waals surface area (Å²) in [6.07, 6.45) is 21.0. The second-order valence-electron chi connectivity index (χ2n) is 5.93. The van der Waals surface area contributed by atoms with Crippen molar-refractivity contribution in [1.29, 1.82) is 5.26 Å². The van der Waals surface area contributed by atoms with E-state index in [0.717, 1.165) is 19.3 Å². The first kappa shape index (κ1) is 19.2. The van der Waals surface area contributed by atoms with Crippen LogP contribution in [0.15, 0.2) is 12.2 Å². The Hall–Kier alpha value is -0.770. The molecule has 0 aliphatic rings. The molecule has 1 nitrogen and oxygen atoms in total. The van der Waals surface area contributed by atoms with Crippen molar-refractivity contribution in [3.8, 4) is 6.07 Å². The van der Waals surface area contributed by atoms with Gasteiger partial charge < -0.3 is 0 Å². The van der Waals surface area contributed by atoms with Gasteiger partial charge in [-0.15, -0.1) is 0 Å². The smallest absolute Gasteiger partial charge is 0.0655 e. The van der Waals surface area contributed by atoms with E-state index in [1.165, 1.54) is 64.2 Å². The molecule has 0 spiro atoms. The molecular weight excluding hydrogens is 242 g/mol. The topological polar surface area (TPSA) is 23.8 Å². The SMILES string of the molecule is CCCCCCC/C=C\CCC(C#N)CCCCCC. The molecule has 0 bridgehead atoms. The molecule has 116 valence electrons. The fourth-order valence-corrected chi connectivity index (χ4v) is 2.49. The van der Waals surface area contributed by atoms with Crippen LogP contribution in [-0.4, -0.2) is 0 Å². The van der Waals surface area contributed by atoms with Crippen LogP contribution >= 0.6 is 0 Å². The van der Waals surface area contributed by atoms with Gasteiger partial charge in [-0.1, -0.05) is 77.4 Å². The Kier molecular flexibility index (Phi) is 15.7. The van der Waals surface area contributed by atoms with E-state index in [-0.39, 0.29) is 5.92 Å². The second kappa shape index (κ2) is 16.3. The van der Waals surface area contributed by atoms with Gasteiger partial charge in [0.15, 0.2) is 0 Å². The van der Waals surface area contributed by atoms with Crippen LogP contribution in [0.25, 0.3) is 0 Å². The Morgan fingerprint density at radius 1 is 0.750 bits per heavy atom. The lowest BCUT2D eigenvalue weighted by atomic mass is 9.97. The molecule has 0 aromatic rings. The Bertz CT molecular complexity index is 249. The highest BCUT2D eigenvalue weighted by molar-refractivity contribution is 4.87. The molecular formula is C19H35N. The molecule has 0 aliphatic carbocycles. The maximum atomic E-state index is 9.13. The van der Waals surface area contributed by atoms with Gasteiger partial charge in [-0.05, 0) is 32.1 Å². The average Bonchev–Trinajstić information content (AvgIpc) is 2.47. The number of allylic oxidation sites excluding steroid dienone is 2. The summed E-state index contributed by atoms with van der Waals surface area (Å²) in [4.78, 5) is 0. The van der Waals surface area contributed by atoms with Gasteiger partial charge in [-0.2, -0.15) is 5.26 Å². The molecule has 0 aromatic carbocycles. The summed E-state index contributed by atoms with van der Waals surface area (Å²) in [7, 11) is 0. The first-order chi connectivity index (χ1) is 9.85. The summed E-state index contributed by atoms with van der Waals surface area (Å²) in [5, 5.41) is 9.13. The van der Waals surface area contributed by atoms with Gasteiger partial charge in [-0.3, -0.25) is 0 Å². The third kappa shape index (κ3) is 13.7. The summed E-state index contributed by atoms with van der Waals surface area (Å²) in [6, 6.07) is 2.47. The van der Waals surface area contributed by atoms with Crippen LogP contribution in [0.4, 0.5) is 0 Å². The van der Waals surface area contributed by atoms with Crippen molar-refractivity contribution in [1.82, 2.24) is 0 Å². The van der Waals surface area contributed by atoms with E-state index < -0.39 is 0 Å². The molecule has 0 N–H and O–H groups in total. The maximum Gasteiger partial charge on any atom is 0.0655 e. The number of unbranched alkanes of at least 4 members (excludes halogenated alkanes) is 8. The van der Waals surface area contributed by atoms with E-state index in [0.29, 0.717) is 0 Å². The van der Waals surface area contributed by atoms with Crippen LogP contribution in [0, 0.1) is 17.2 Å². The number of nitrogens with zero attached hydrogens (tertiary/aromatic N) is 1. The van der Waals surface area contributed by atoms with Crippen molar-refractivity contribution in [3.63, 3.8) is 0 Å². The number of nitriles is 1. The monoisotopic (exact) mass is 277 g/mol. The minimum absolute atomic E-state index is 0.279. The van der Waals surface area contributed by atoms with Crippen LogP contribution in [0.3, 0.4) is 0 Å². The van der Waals surface area contributed by atoms with Crippen molar-refractivity contribution in [2.24, 2.45) is 5.92 Å². The van der Waals surface area contributed by atoms with Crippen LogP contribution < -0.4 is 0 Å². The summed E-state index contributed by atoms with van der Waals surface area (Å²) in [6.45, 7) is 4.49. The van der Waals surface area contributed by atoms with E-state index in [1.807, 2.05) is 0 Å². The third-order valence-corrected chi connectivity index (χ3v) is 3.91. The minimum atomic E-state index is 0.279. The lowest BCUT2D eigenvalue weighted by Crippen LogP contribution is -1.96. The Morgan fingerprint density at radius 3 is 2.00 bits per heavy atom. The molecule has 1 heteroatoms. The molecule has 0 radical (unpaired) electrons. The zero-order valence-corrected chi connectivity index (χ0v) is 13.9. The molecule has 0 amide bonds. The number of rotatable bonds is 14. The van der Waals surface area contributed by atoms with Crippen molar-refractivity contribution in [2.75, 3.05) is 0 Å². The molecule has 0 heterocycles. The summed E-state index contributed by atoms with van der Waals surface area (Å²) in [5.41, 5.74) is 0. The normalized spacial score (nSPS) is 12.7. The Morgan fingerprint density at radius 2 is 1.35 bits per heavy atom. The second-order valence-corrected chi connectivity index (χ2v) is 5.93. The van der Waals surface area contributed by atoms with Crippen molar-refractivity contribution >= 4 is 0 Å². The third-order valence-electron chi connectivity index (χ3n) is 3.91. The zero-order chi connectivity index (χ0) is 14.9. The Balaban J connectivity index is 3.42. The quantitative estimate of drug-likeness (QED) is 0.253. The first-order valence-corrected chi connectivity index (χ1v) is 8.89. The van der Waals surface area contributed by atoms with Gasteiger partial charge >= 0.3 is 0 Å². The number of hydrogen-bond donors (Lipinski definition) is 0. The van der Waals surface area contributed by atoms with Crippen molar-refractivity contribution in [2.45, 2.75) is 97.3 Å². The molecule has 1 atom stereocenters. The first-order valence-electron chi connectivity index (χ1n) is 8.89. The molecule has 0 fully saturated rings. The van der Waals surface area contributed by atoms with Crippen LogP contribution in [-0.2, 0) is 0 Å². The lowest BCUT2D eigenvalue weighted by molar-refractivity contribution is 0.512. The molecule has 1 unspecified atom stereocenters. The molecule has 0 rings (SSSR count). The zero-order valence-electron chi connectivity index (χ0n) is 13.9. The van der Waals surface area contributed by atoms with Gasteiger partial charge in [0.25, 0.3) is 0 Å². The van der Waals surface area contributed by atoms with E-state index in [4.69, 9.17) is 5.26 Å². The highest BCUT2D eigenvalue weighted by Crippen LogP contribution is 2.16. The van der Waals surface area contributed by atoms with E-state index >= 15 is 0 Å². The van der Waals surface area contributed by atoms with Gasteiger partial charge in [0, 0.05) is 5.92 Å². The average molecular weight is 277 g/mol. The van der Waals surface area contributed by atoms with Crippen LogP contribution in [0.5, 0.6) is 0 Å². The van der Waals surface area contributed by atoms with E-state index in [2.05, 4.69) is 32.1 Å². The van der Waals surface area contributed by atoms with Gasteiger partial charge in [-0.25, -0.2) is 0 Å². The predicted octanol–water partition coefficient (Wildman–Crippen LogP) is 6.79. The number of hydrogen-bond acceptors (Lipinski definition) is 1. The standard InChI is InChI=1S/C19H35N/c1-3-5-7-9-10-11-12-13-15-17-19(18-20)16-14-8-6-4-2/h12-13,19H,3-11,14-17H2,1-2H3/b13-12-. The highest BCUT2D eigenvalue weighted by Gasteiger charge is 2.05. The van der Waals surface area contributed by atoms with Crippen molar-refractivity contribution < 1.29 is 0 Å².